The van der Waals surface area contributed by atoms with E-state index in [0.717, 1.165) is 57.1 Å². The smallest absolute Gasteiger partial charge is 0.306 e. The third-order valence-electron chi connectivity index (χ3n) is 5.52. The van der Waals surface area contributed by atoms with Crippen LogP contribution in [-0.4, -0.2) is 74.1 Å². The zero-order chi connectivity index (χ0) is 19.2. The van der Waals surface area contributed by atoms with Gasteiger partial charge in [0.05, 0.1) is 13.5 Å². The minimum absolute atomic E-state index is 0.0580. The molecule has 2 heterocycles. The molecule has 7 heteroatoms. The first-order chi connectivity index (χ1) is 13.1. The van der Waals surface area contributed by atoms with Crippen molar-refractivity contribution >= 4 is 29.2 Å². The number of piperazine rings is 1. The first-order valence-electron chi connectivity index (χ1n) is 9.66. The number of carbonyl (C=O) groups excluding carboxylic acids is 2. The van der Waals surface area contributed by atoms with Crippen molar-refractivity contribution in [1.29, 1.82) is 0 Å². The maximum absolute atomic E-state index is 12.4. The molecule has 6 nitrogen and oxygen atoms in total. The van der Waals surface area contributed by atoms with E-state index < -0.39 is 0 Å². The summed E-state index contributed by atoms with van der Waals surface area (Å²) in [5.74, 6) is -0.267. The van der Waals surface area contributed by atoms with Gasteiger partial charge in [0, 0.05) is 62.4 Å². The van der Waals surface area contributed by atoms with Crippen molar-refractivity contribution in [2.45, 2.75) is 31.7 Å². The van der Waals surface area contributed by atoms with Gasteiger partial charge in [-0.15, -0.1) is 0 Å². The Morgan fingerprint density at radius 1 is 1.15 bits per heavy atom. The van der Waals surface area contributed by atoms with Crippen molar-refractivity contribution in [3.05, 3.63) is 29.3 Å². The zero-order valence-corrected chi connectivity index (χ0v) is 16.7. The molecule has 0 saturated carbocycles. The van der Waals surface area contributed by atoms with E-state index >= 15 is 0 Å². The number of anilines is 1. The van der Waals surface area contributed by atoms with E-state index in [4.69, 9.17) is 11.6 Å². The number of hydrogen-bond acceptors (Lipinski definition) is 5. The van der Waals surface area contributed by atoms with Gasteiger partial charge in [-0.2, -0.15) is 0 Å². The van der Waals surface area contributed by atoms with Gasteiger partial charge in [-0.25, -0.2) is 0 Å². The number of halogens is 1. The number of ether oxygens (including phenoxy) is 1. The normalized spacial score (nSPS) is 21.2. The van der Waals surface area contributed by atoms with Crippen LogP contribution in [0.3, 0.4) is 0 Å². The maximum atomic E-state index is 12.4. The second-order valence-electron chi connectivity index (χ2n) is 7.21. The molecule has 1 unspecified atom stereocenters. The van der Waals surface area contributed by atoms with Gasteiger partial charge in [0.1, 0.15) is 0 Å². The molecule has 1 amide bonds. The molecule has 1 atom stereocenters. The number of carbonyl (C=O) groups is 2. The minimum atomic E-state index is -0.325. The number of benzene rings is 1. The van der Waals surface area contributed by atoms with Crippen LogP contribution in [0.1, 0.15) is 25.7 Å². The van der Waals surface area contributed by atoms with E-state index in [1.165, 1.54) is 12.8 Å². The Hall–Kier alpha value is -1.79. The number of methoxy groups -OCH3 is 1. The molecule has 2 saturated heterocycles. The third kappa shape index (κ3) is 5.36. The summed E-state index contributed by atoms with van der Waals surface area (Å²) >= 11 is 6.11. The standard InChI is InChI=1S/C20H28ClN3O3/c1-27-20(26)8-7-19(25)24-9-3-6-18(15-24)23-12-10-22(11-13-23)17-5-2-4-16(21)14-17/h2,4-5,14,18H,3,6-13,15H2,1H3. The molecule has 2 fully saturated rings. The Balaban J connectivity index is 1.49. The molecule has 0 spiro atoms. The molecule has 2 aliphatic rings. The van der Waals surface area contributed by atoms with Crippen LogP contribution in [0.25, 0.3) is 0 Å². The Morgan fingerprint density at radius 2 is 1.93 bits per heavy atom. The molecule has 148 valence electrons. The summed E-state index contributed by atoms with van der Waals surface area (Å²) in [6.07, 6.45) is 2.54. The molecular formula is C20H28ClN3O3. The first-order valence-corrected chi connectivity index (χ1v) is 10.0. The molecule has 27 heavy (non-hydrogen) atoms. The van der Waals surface area contributed by atoms with Crippen LogP contribution in [0, 0.1) is 0 Å². The summed E-state index contributed by atoms with van der Waals surface area (Å²) < 4.78 is 4.63. The molecule has 0 N–H and O–H groups in total. The number of amides is 1. The first kappa shape index (κ1) is 20.0. The van der Waals surface area contributed by atoms with Crippen molar-refractivity contribution in [2.24, 2.45) is 0 Å². The lowest BCUT2D eigenvalue weighted by Crippen LogP contribution is -2.55. The number of esters is 1. The van der Waals surface area contributed by atoms with Gasteiger partial charge in [-0.05, 0) is 31.0 Å². The lowest BCUT2D eigenvalue weighted by Gasteiger charge is -2.44. The highest BCUT2D eigenvalue weighted by Gasteiger charge is 2.30. The van der Waals surface area contributed by atoms with Crippen LogP contribution < -0.4 is 4.90 Å². The number of hydrogen-bond donors (Lipinski definition) is 0. The van der Waals surface area contributed by atoms with E-state index in [9.17, 15) is 9.59 Å². The molecule has 0 aromatic heterocycles. The van der Waals surface area contributed by atoms with Gasteiger partial charge >= 0.3 is 5.97 Å². The van der Waals surface area contributed by atoms with E-state index in [-0.39, 0.29) is 24.7 Å². The van der Waals surface area contributed by atoms with Crippen LogP contribution in [0.15, 0.2) is 24.3 Å². The average molecular weight is 394 g/mol. The second-order valence-corrected chi connectivity index (χ2v) is 7.65. The number of likely N-dealkylation sites (tertiary alicyclic amines) is 1. The average Bonchev–Trinajstić information content (AvgIpc) is 2.72. The fraction of sp³-hybridized carbons (Fsp3) is 0.600. The molecule has 0 radical (unpaired) electrons. The quantitative estimate of drug-likeness (QED) is 0.719. The SMILES string of the molecule is COC(=O)CCC(=O)N1CCCC(N2CCN(c3cccc(Cl)c3)CC2)C1. The van der Waals surface area contributed by atoms with E-state index in [1.807, 2.05) is 23.1 Å². The van der Waals surface area contributed by atoms with Crippen molar-refractivity contribution in [3.63, 3.8) is 0 Å². The summed E-state index contributed by atoms with van der Waals surface area (Å²) in [4.78, 5) is 30.4. The molecule has 1 aromatic carbocycles. The number of rotatable bonds is 5. The predicted octanol–water partition coefficient (Wildman–Crippen LogP) is 2.41. The van der Waals surface area contributed by atoms with Crippen LogP contribution in [-0.2, 0) is 14.3 Å². The van der Waals surface area contributed by atoms with Crippen molar-refractivity contribution in [2.75, 3.05) is 51.3 Å². The minimum Gasteiger partial charge on any atom is -0.469 e. The van der Waals surface area contributed by atoms with Gasteiger partial charge in [0.2, 0.25) is 5.91 Å². The highest BCUT2D eigenvalue weighted by Crippen LogP contribution is 2.23. The van der Waals surface area contributed by atoms with Crippen molar-refractivity contribution in [3.8, 4) is 0 Å². The zero-order valence-electron chi connectivity index (χ0n) is 15.9. The van der Waals surface area contributed by atoms with Crippen molar-refractivity contribution < 1.29 is 14.3 Å². The van der Waals surface area contributed by atoms with Crippen LogP contribution >= 0.6 is 11.6 Å². The van der Waals surface area contributed by atoms with E-state index in [0.29, 0.717) is 6.04 Å². The van der Waals surface area contributed by atoms with Crippen molar-refractivity contribution in [1.82, 2.24) is 9.80 Å². The van der Waals surface area contributed by atoms with Gasteiger partial charge < -0.3 is 14.5 Å². The van der Waals surface area contributed by atoms with E-state index in [2.05, 4.69) is 20.6 Å². The molecule has 0 bridgehead atoms. The van der Waals surface area contributed by atoms with Crippen LogP contribution in [0.4, 0.5) is 5.69 Å². The third-order valence-corrected chi connectivity index (χ3v) is 5.76. The van der Waals surface area contributed by atoms with Crippen LogP contribution in [0.5, 0.6) is 0 Å². The Kier molecular flexibility index (Phi) is 6.96. The highest BCUT2D eigenvalue weighted by molar-refractivity contribution is 6.30. The molecule has 2 aliphatic heterocycles. The number of piperidine rings is 1. The fourth-order valence-electron chi connectivity index (χ4n) is 3.97. The Morgan fingerprint density at radius 3 is 2.63 bits per heavy atom. The lowest BCUT2D eigenvalue weighted by molar-refractivity contribution is -0.144. The van der Waals surface area contributed by atoms with Crippen LogP contribution in [0.2, 0.25) is 5.02 Å². The van der Waals surface area contributed by atoms with E-state index in [1.54, 1.807) is 0 Å². The molecular weight excluding hydrogens is 366 g/mol. The predicted molar refractivity (Wildman–Crippen MR) is 106 cm³/mol. The summed E-state index contributed by atoms with van der Waals surface area (Å²) in [5, 5.41) is 0.767. The molecule has 3 rings (SSSR count). The molecule has 0 aliphatic carbocycles. The van der Waals surface area contributed by atoms with Gasteiger partial charge in [-0.1, -0.05) is 17.7 Å². The summed E-state index contributed by atoms with van der Waals surface area (Å²) in [5.41, 5.74) is 1.17. The lowest BCUT2D eigenvalue weighted by atomic mass is 10.0. The summed E-state index contributed by atoms with van der Waals surface area (Å²) in [7, 11) is 1.35. The highest BCUT2D eigenvalue weighted by atomic mass is 35.5. The largest absolute Gasteiger partial charge is 0.469 e. The van der Waals surface area contributed by atoms with Gasteiger partial charge in [0.15, 0.2) is 0 Å². The monoisotopic (exact) mass is 393 g/mol. The Labute approximate surface area is 166 Å². The maximum Gasteiger partial charge on any atom is 0.306 e. The topological polar surface area (TPSA) is 53.1 Å². The second kappa shape index (κ2) is 9.42. The van der Waals surface area contributed by atoms with Gasteiger partial charge in [0.25, 0.3) is 0 Å². The Bertz CT molecular complexity index is 662. The van der Waals surface area contributed by atoms with Gasteiger partial charge in [-0.3, -0.25) is 14.5 Å². The number of nitrogens with zero attached hydrogens (tertiary/aromatic N) is 3. The summed E-state index contributed by atoms with van der Waals surface area (Å²) in [6.45, 7) is 5.46. The fourth-order valence-corrected chi connectivity index (χ4v) is 4.15. The molecule has 1 aromatic rings. The summed E-state index contributed by atoms with van der Waals surface area (Å²) in [6, 6.07) is 8.41.